The van der Waals surface area contributed by atoms with Crippen LogP contribution < -0.4 is 15.8 Å². The summed E-state index contributed by atoms with van der Waals surface area (Å²) in [4.78, 5) is 2.31. The molecule has 2 aromatic rings. The molecule has 0 spiro atoms. The lowest BCUT2D eigenvalue weighted by molar-refractivity contribution is 0.749. The van der Waals surface area contributed by atoms with Crippen molar-refractivity contribution >= 4 is 29.0 Å². The van der Waals surface area contributed by atoms with E-state index in [1.165, 1.54) is 22.3 Å². The minimum Gasteiger partial charge on any atom is -0.345 e. The van der Waals surface area contributed by atoms with E-state index in [4.69, 9.17) is 0 Å². The Hall–Kier alpha value is -1.70. The molecule has 0 amide bonds. The molecule has 3 rings (SSSR count). The first kappa shape index (κ1) is 12.3. The Kier molecular flexibility index (Phi) is 2.70. The lowest BCUT2D eigenvalue weighted by Gasteiger charge is -2.39. The van der Waals surface area contributed by atoms with Crippen LogP contribution in [0.25, 0.3) is 0 Å². The van der Waals surface area contributed by atoms with Crippen LogP contribution in [0.15, 0.2) is 48.5 Å². The molecule has 1 aliphatic rings. The van der Waals surface area contributed by atoms with E-state index in [0.29, 0.717) is 6.71 Å². The molecule has 2 aromatic carbocycles. The van der Waals surface area contributed by atoms with Crippen molar-refractivity contribution in [3.63, 3.8) is 0 Å². The first-order chi connectivity index (χ1) is 9.00. The van der Waals surface area contributed by atoms with Gasteiger partial charge in [-0.3, -0.25) is 0 Å². The van der Waals surface area contributed by atoms with Gasteiger partial charge in [-0.15, -0.1) is 0 Å². The number of nitrogens with zero attached hydrogens (tertiary/aromatic N) is 1. The number of hydrogen-bond acceptors (Lipinski definition) is 1. The fraction of sp³-hybridized carbons (Fsp3) is 0.294. The van der Waals surface area contributed by atoms with E-state index >= 15 is 0 Å². The van der Waals surface area contributed by atoms with Crippen molar-refractivity contribution in [1.29, 1.82) is 0 Å². The highest BCUT2D eigenvalue weighted by Gasteiger charge is 2.39. The van der Waals surface area contributed by atoms with Crippen LogP contribution in [0.2, 0.25) is 5.31 Å². The normalized spacial score (nSPS) is 14.1. The number of fused-ring (bicyclic) bond motifs is 2. The van der Waals surface area contributed by atoms with Crippen molar-refractivity contribution in [1.82, 2.24) is 0 Å². The molecule has 19 heavy (non-hydrogen) atoms. The van der Waals surface area contributed by atoms with Gasteiger partial charge in [0, 0.05) is 18.4 Å². The van der Waals surface area contributed by atoms with Crippen molar-refractivity contribution in [3.8, 4) is 0 Å². The topological polar surface area (TPSA) is 3.24 Å². The van der Waals surface area contributed by atoms with E-state index in [2.05, 4.69) is 81.2 Å². The summed E-state index contributed by atoms with van der Waals surface area (Å²) in [6.45, 7) is 7.44. The molecule has 1 heterocycles. The first-order valence-corrected chi connectivity index (χ1v) is 6.92. The van der Waals surface area contributed by atoms with Crippen molar-refractivity contribution < 1.29 is 0 Å². The summed E-state index contributed by atoms with van der Waals surface area (Å²) in [6, 6.07) is 17.6. The zero-order valence-electron chi connectivity index (χ0n) is 12.1. The van der Waals surface area contributed by atoms with Gasteiger partial charge in [0.2, 0.25) is 6.71 Å². The predicted molar refractivity (Wildman–Crippen MR) is 85.7 cm³/mol. The van der Waals surface area contributed by atoms with Gasteiger partial charge in [0.25, 0.3) is 0 Å². The van der Waals surface area contributed by atoms with Crippen LogP contribution in [0.4, 0.5) is 11.4 Å². The third-order valence-corrected chi connectivity index (χ3v) is 4.08. The second-order valence-corrected chi connectivity index (χ2v) is 6.48. The molecule has 0 N–H and O–H groups in total. The Morgan fingerprint density at radius 3 is 1.63 bits per heavy atom. The van der Waals surface area contributed by atoms with Crippen LogP contribution in [0.5, 0.6) is 0 Å². The Balaban J connectivity index is 2.30. The summed E-state index contributed by atoms with van der Waals surface area (Å²) >= 11 is 0. The summed E-state index contributed by atoms with van der Waals surface area (Å²) in [7, 11) is 2.16. The maximum Gasteiger partial charge on any atom is 0.220 e. The second-order valence-electron chi connectivity index (χ2n) is 6.48. The molecular formula is C17H20BN. The van der Waals surface area contributed by atoms with Crippen LogP contribution in [0.1, 0.15) is 20.8 Å². The standard InChI is InChI=1S/C17H20BN/c1-17(2,3)18-13-9-5-7-11-15(13)19(4)16-12-8-6-10-14(16)18/h5-12H,1-4H3. The van der Waals surface area contributed by atoms with E-state index in [-0.39, 0.29) is 5.31 Å². The second kappa shape index (κ2) is 4.16. The van der Waals surface area contributed by atoms with E-state index in [1.54, 1.807) is 0 Å². The zero-order chi connectivity index (χ0) is 13.6. The summed E-state index contributed by atoms with van der Waals surface area (Å²) in [6.07, 6.45) is 0. The van der Waals surface area contributed by atoms with Crippen LogP contribution >= 0.6 is 0 Å². The molecule has 0 saturated carbocycles. The van der Waals surface area contributed by atoms with Crippen molar-refractivity contribution in [2.75, 3.05) is 11.9 Å². The molecule has 0 bridgehead atoms. The quantitative estimate of drug-likeness (QED) is 0.648. The zero-order valence-corrected chi connectivity index (χ0v) is 12.1. The van der Waals surface area contributed by atoms with Crippen molar-refractivity contribution in [2.45, 2.75) is 26.1 Å². The van der Waals surface area contributed by atoms with E-state index in [0.717, 1.165) is 0 Å². The summed E-state index contributed by atoms with van der Waals surface area (Å²) in [5.41, 5.74) is 5.55. The fourth-order valence-electron chi connectivity index (χ4n) is 3.30. The maximum atomic E-state index is 2.33. The molecule has 0 unspecified atom stereocenters. The molecule has 0 saturated heterocycles. The molecule has 1 nitrogen and oxygen atoms in total. The lowest BCUT2D eigenvalue weighted by atomic mass is 9.27. The minimum atomic E-state index is 0.216. The third-order valence-electron chi connectivity index (χ3n) is 4.08. The number of hydrogen-bond donors (Lipinski definition) is 0. The van der Waals surface area contributed by atoms with Gasteiger partial charge in [0.15, 0.2) is 0 Å². The molecule has 0 aromatic heterocycles. The van der Waals surface area contributed by atoms with Crippen LogP contribution in [0.3, 0.4) is 0 Å². The third kappa shape index (κ3) is 1.86. The monoisotopic (exact) mass is 249 g/mol. The largest absolute Gasteiger partial charge is 0.345 e. The molecule has 2 heteroatoms. The van der Waals surface area contributed by atoms with Crippen LogP contribution in [0, 0.1) is 0 Å². The number of anilines is 2. The highest BCUT2D eigenvalue weighted by atomic mass is 15.1. The average Bonchev–Trinajstić information content (AvgIpc) is 2.38. The molecule has 0 fully saturated rings. The summed E-state index contributed by atoms with van der Waals surface area (Å²) in [5.74, 6) is 0. The summed E-state index contributed by atoms with van der Waals surface area (Å²) in [5, 5.41) is 0.216. The average molecular weight is 249 g/mol. The summed E-state index contributed by atoms with van der Waals surface area (Å²) < 4.78 is 0. The van der Waals surface area contributed by atoms with Crippen LogP contribution in [-0.2, 0) is 0 Å². The number of para-hydroxylation sites is 2. The number of benzene rings is 2. The van der Waals surface area contributed by atoms with Gasteiger partial charge in [-0.25, -0.2) is 0 Å². The van der Waals surface area contributed by atoms with Gasteiger partial charge in [-0.1, -0.05) is 68.1 Å². The maximum absolute atomic E-state index is 2.33. The Labute approximate surface area is 116 Å². The van der Waals surface area contributed by atoms with E-state index < -0.39 is 0 Å². The Morgan fingerprint density at radius 2 is 1.21 bits per heavy atom. The highest BCUT2D eigenvalue weighted by molar-refractivity contribution is 6.90. The smallest absolute Gasteiger partial charge is 0.220 e. The molecular weight excluding hydrogens is 229 g/mol. The van der Waals surface area contributed by atoms with Gasteiger partial charge < -0.3 is 4.90 Å². The van der Waals surface area contributed by atoms with Crippen LogP contribution in [-0.4, -0.2) is 13.8 Å². The van der Waals surface area contributed by atoms with Gasteiger partial charge in [0.1, 0.15) is 0 Å². The SMILES string of the molecule is CN1c2ccccc2B(C(C)(C)C)c2ccccc21. The minimum absolute atomic E-state index is 0.216. The van der Waals surface area contributed by atoms with Crippen molar-refractivity contribution in [3.05, 3.63) is 48.5 Å². The van der Waals surface area contributed by atoms with Gasteiger partial charge in [0.05, 0.1) is 0 Å². The molecule has 0 aliphatic carbocycles. The molecule has 0 radical (unpaired) electrons. The van der Waals surface area contributed by atoms with Gasteiger partial charge in [-0.2, -0.15) is 0 Å². The van der Waals surface area contributed by atoms with E-state index in [9.17, 15) is 0 Å². The predicted octanol–water partition coefficient (Wildman–Crippen LogP) is 3.18. The highest BCUT2D eigenvalue weighted by Crippen LogP contribution is 2.35. The molecule has 96 valence electrons. The number of rotatable bonds is 0. The first-order valence-electron chi connectivity index (χ1n) is 6.92. The lowest BCUT2D eigenvalue weighted by Crippen LogP contribution is -2.54. The fourth-order valence-corrected chi connectivity index (χ4v) is 3.30. The van der Waals surface area contributed by atoms with Gasteiger partial charge in [-0.05, 0) is 17.4 Å². The Morgan fingerprint density at radius 1 is 0.789 bits per heavy atom. The molecule has 1 aliphatic heterocycles. The van der Waals surface area contributed by atoms with Crippen molar-refractivity contribution in [2.24, 2.45) is 0 Å². The van der Waals surface area contributed by atoms with Gasteiger partial charge >= 0.3 is 0 Å². The Bertz CT molecular complexity index is 565. The molecule has 0 atom stereocenters. The van der Waals surface area contributed by atoms with E-state index in [1.807, 2.05) is 0 Å².